The molecule has 0 radical (unpaired) electrons. The molecule has 0 saturated carbocycles. The van der Waals surface area contributed by atoms with E-state index in [-0.39, 0.29) is 29.4 Å². The van der Waals surface area contributed by atoms with Gasteiger partial charge in [-0.15, -0.1) is 0 Å². The maximum Gasteiger partial charge on any atom is 0.270 e. The third kappa shape index (κ3) is 4.60. The van der Waals surface area contributed by atoms with Crippen molar-refractivity contribution in [2.24, 2.45) is 0 Å². The average Bonchev–Trinajstić information content (AvgIpc) is 2.58. The molecule has 0 spiro atoms. The van der Waals surface area contributed by atoms with Crippen LogP contribution in [-0.4, -0.2) is 31.1 Å². The summed E-state index contributed by atoms with van der Waals surface area (Å²) >= 11 is 5.90. The smallest absolute Gasteiger partial charge is 0.270 e. The number of rotatable bonds is 7. The summed E-state index contributed by atoms with van der Waals surface area (Å²) in [5.74, 6) is 0.871. The van der Waals surface area contributed by atoms with Gasteiger partial charge in [0.1, 0.15) is 18.1 Å². The molecule has 0 atom stereocenters. The van der Waals surface area contributed by atoms with Gasteiger partial charge in [0.2, 0.25) is 0 Å². The lowest BCUT2D eigenvalue weighted by Crippen LogP contribution is -2.28. The van der Waals surface area contributed by atoms with Gasteiger partial charge in [0.25, 0.3) is 11.6 Å². The molecule has 0 fully saturated rings. The molecule has 126 valence electrons. The summed E-state index contributed by atoms with van der Waals surface area (Å²) in [6.07, 6.45) is 0. The van der Waals surface area contributed by atoms with Crippen LogP contribution in [0, 0.1) is 10.1 Å². The summed E-state index contributed by atoms with van der Waals surface area (Å²) in [5.41, 5.74) is 0.00144. The summed E-state index contributed by atoms with van der Waals surface area (Å²) in [6.45, 7) is 0.507. The molecule has 24 heavy (non-hydrogen) atoms. The van der Waals surface area contributed by atoms with E-state index < -0.39 is 10.8 Å². The van der Waals surface area contributed by atoms with Gasteiger partial charge < -0.3 is 14.8 Å². The van der Waals surface area contributed by atoms with E-state index >= 15 is 0 Å². The molecule has 1 amide bonds. The fourth-order valence-electron chi connectivity index (χ4n) is 1.92. The molecule has 0 saturated heterocycles. The first-order valence-corrected chi connectivity index (χ1v) is 7.38. The summed E-state index contributed by atoms with van der Waals surface area (Å²) in [4.78, 5) is 22.1. The van der Waals surface area contributed by atoms with Crippen LogP contribution in [0.1, 0.15) is 10.4 Å². The number of ether oxygens (including phenoxy) is 2. The number of amides is 1. The zero-order valence-electron chi connectivity index (χ0n) is 12.8. The SMILES string of the molecule is COc1cccc(OCCNC(=O)c2ccc([N+](=O)[O-])cc2Cl)c1. The topological polar surface area (TPSA) is 90.7 Å². The number of nitro groups is 1. The first-order valence-electron chi connectivity index (χ1n) is 7.00. The minimum absolute atomic E-state index is 0.0235. The summed E-state index contributed by atoms with van der Waals surface area (Å²) in [7, 11) is 1.56. The third-order valence-electron chi connectivity index (χ3n) is 3.11. The molecule has 2 rings (SSSR count). The largest absolute Gasteiger partial charge is 0.497 e. The normalized spacial score (nSPS) is 10.1. The van der Waals surface area contributed by atoms with Gasteiger partial charge in [-0.1, -0.05) is 17.7 Å². The second-order valence-corrected chi connectivity index (χ2v) is 5.11. The molecule has 0 aliphatic heterocycles. The Morgan fingerprint density at radius 3 is 2.67 bits per heavy atom. The van der Waals surface area contributed by atoms with E-state index in [9.17, 15) is 14.9 Å². The van der Waals surface area contributed by atoms with Crippen LogP contribution < -0.4 is 14.8 Å². The van der Waals surface area contributed by atoms with Crippen LogP contribution in [0.5, 0.6) is 11.5 Å². The molecule has 0 aliphatic carbocycles. The monoisotopic (exact) mass is 350 g/mol. The number of hydrogen-bond donors (Lipinski definition) is 1. The van der Waals surface area contributed by atoms with Gasteiger partial charge in [-0.25, -0.2) is 0 Å². The Bertz CT molecular complexity index is 751. The van der Waals surface area contributed by atoms with Crippen molar-refractivity contribution in [3.8, 4) is 11.5 Å². The summed E-state index contributed by atoms with van der Waals surface area (Å²) < 4.78 is 10.6. The van der Waals surface area contributed by atoms with E-state index in [1.54, 1.807) is 31.4 Å². The first-order chi connectivity index (χ1) is 11.5. The van der Waals surface area contributed by atoms with Crippen LogP contribution in [0.25, 0.3) is 0 Å². The van der Waals surface area contributed by atoms with Crippen molar-refractivity contribution in [1.82, 2.24) is 5.32 Å². The quantitative estimate of drug-likeness (QED) is 0.471. The fourth-order valence-corrected chi connectivity index (χ4v) is 2.18. The van der Waals surface area contributed by atoms with Crippen molar-refractivity contribution in [3.63, 3.8) is 0 Å². The minimum Gasteiger partial charge on any atom is -0.497 e. The Hall–Kier alpha value is -2.80. The Balaban J connectivity index is 1.86. The highest BCUT2D eigenvalue weighted by molar-refractivity contribution is 6.34. The van der Waals surface area contributed by atoms with E-state index in [4.69, 9.17) is 21.1 Å². The number of halogens is 1. The van der Waals surface area contributed by atoms with Crippen molar-refractivity contribution in [3.05, 3.63) is 63.2 Å². The van der Waals surface area contributed by atoms with Crippen LogP contribution in [0.3, 0.4) is 0 Å². The molecular formula is C16H15ClN2O5. The molecule has 0 heterocycles. The number of benzene rings is 2. The van der Waals surface area contributed by atoms with Crippen LogP contribution in [-0.2, 0) is 0 Å². The van der Waals surface area contributed by atoms with Crippen molar-refractivity contribution < 1.29 is 19.2 Å². The van der Waals surface area contributed by atoms with Gasteiger partial charge in [0.05, 0.1) is 29.2 Å². The highest BCUT2D eigenvalue weighted by Crippen LogP contribution is 2.22. The zero-order valence-corrected chi connectivity index (χ0v) is 13.6. The van der Waals surface area contributed by atoms with Gasteiger partial charge in [-0.05, 0) is 18.2 Å². The lowest BCUT2D eigenvalue weighted by molar-refractivity contribution is -0.384. The molecule has 7 nitrogen and oxygen atoms in total. The van der Waals surface area contributed by atoms with Crippen molar-refractivity contribution in [2.75, 3.05) is 20.3 Å². The van der Waals surface area contributed by atoms with Gasteiger partial charge in [-0.2, -0.15) is 0 Å². The second-order valence-electron chi connectivity index (χ2n) is 4.70. The molecule has 0 unspecified atom stereocenters. The van der Waals surface area contributed by atoms with Gasteiger partial charge in [0, 0.05) is 18.2 Å². The third-order valence-corrected chi connectivity index (χ3v) is 3.42. The standard InChI is InChI=1S/C16H15ClN2O5/c1-23-12-3-2-4-13(10-12)24-8-7-18-16(20)14-6-5-11(19(21)22)9-15(14)17/h2-6,9-10H,7-8H2,1H3,(H,18,20). The molecular weight excluding hydrogens is 336 g/mol. The molecule has 2 aromatic rings. The van der Waals surface area contributed by atoms with Crippen molar-refractivity contribution in [2.45, 2.75) is 0 Å². The number of carbonyl (C=O) groups is 1. The van der Waals surface area contributed by atoms with E-state index in [0.717, 1.165) is 6.07 Å². The Morgan fingerprint density at radius 1 is 1.25 bits per heavy atom. The van der Waals surface area contributed by atoms with E-state index in [1.807, 2.05) is 0 Å². The Kier molecular flexibility index (Phi) is 5.97. The molecule has 0 aromatic heterocycles. The van der Waals surface area contributed by atoms with Gasteiger partial charge in [0.15, 0.2) is 0 Å². The molecule has 1 N–H and O–H groups in total. The number of non-ortho nitro benzene ring substituents is 1. The van der Waals surface area contributed by atoms with Gasteiger partial charge in [-0.3, -0.25) is 14.9 Å². The van der Waals surface area contributed by atoms with Crippen molar-refractivity contribution >= 4 is 23.2 Å². The predicted octanol–water partition coefficient (Wildman–Crippen LogP) is 3.07. The molecule has 0 bridgehead atoms. The number of nitro benzene ring substituents is 1. The number of methoxy groups -OCH3 is 1. The average molecular weight is 351 g/mol. The van der Waals surface area contributed by atoms with Crippen molar-refractivity contribution in [1.29, 1.82) is 0 Å². The van der Waals surface area contributed by atoms with Crippen LogP contribution in [0.2, 0.25) is 5.02 Å². The molecule has 2 aromatic carbocycles. The van der Waals surface area contributed by atoms with E-state index in [0.29, 0.717) is 11.5 Å². The van der Waals surface area contributed by atoms with Crippen LogP contribution >= 0.6 is 11.6 Å². The number of nitrogens with zero attached hydrogens (tertiary/aromatic N) is 1. The lowest BCUT2D eigenvalue weighted by Gasteiger charge is -2.09. The highest BCUT2D eigenvalue weighted by Gasteiger charge is 2.14. The first kappa shape index (κ1) is 17.6. The number of nitrogens with one attached hydrogen (secondary N) is 1. The zero-order chi connectivity index (χ0) is 17.5. The maximum atomic E-state index is 12.0. The van der Waals surface area contributed by atoms with E-state index in [2.05, 4.69) is 5.32 Å². The lowest BCUT2D eigenvalue weighted by atomic mass is 10.2. The van der Waals surface area contributed by atoms with Crippen LogP contribution in [0.4, 0.5) is 5.69 Å². The second kappa shape index (κ2) is 8.16. The number of carbonyl (C=O) groups excluding carboxylic acids is 1. The molecule has 0 aliphatic rings. The van der Waals surface area contributed by atoms with E-state index in [1.165, 1.54) is 12.1 Å². The molecule has 8 heteroatoms. The van der Waals surface area contributed by atoms with Gasteiger partial charge >= 0.3 is 0 Å². The summed E-state index contributed by atoms with van der Waals surface area (Å²) in [5, 5.41) is 13.3. The minimum atomic E-state index is -0.574. The summed E-state index contributed by atoms with van der Waals surface area (Å²) in [6, 6.07) is 10.8. The number of hydrogen-bond acceptors (Lipinski definition) is 5. The Labute approximate surface area is 143 Å². The maximum absolute atomic E-state index is 12.0. The Morgan fingerprint density at radius 2 is 2.00 bits per heavy atom. The highest BCUT2D eigenvalue weighted by atomic mass is 35.5. The predicted molar refractivity (Wildman–Crippen MR) is 88.9 cm³/mol. The fraction of sp³-hybridized carbons (Fsp3) is 0.188. The van der Waals surface area contributed by atoms with Crippen LogP contribution in [0.15, 0.2) is 42.5 Å².